The van der Waals surface area contributed by atoms with E-state index < -0.39 is 0 Å². The molecule has 0 unspecified atom stereocenters. The molecule has 0 aliphatic carbocycles. The Balaban J connectivity index is 1.78. The molecule has 7 nitrogen and oxygen atoms in total. The summed E-state index contributed by atoms with van der Waals surface area (Å²) in [4.78, 5) is 30.0. The minimum absolute atomic E-state index is 0.0786. The molecule has 2 heterocycles. The minimum atomic E-state index is -0.307. The second-order valence-electron chi connectivity index (χ2n) is 5.87. The van der Waals surface area contributed by atoms with Crippen molar-refractivity contribution in [2.75, 3.05) is 45.3 Å². The summed E-state index contributed by atoms with van der Waals surface area (Å²) >= 11 is 1.32. The number of carbonyl (C=O) groups excluding carboxylic acids is 2. The molecule has 0 aromatic carbocycles. The molecule has 0 saturated carbocycles. The van der Waals surface area contributed by atoms with E-state index in [9.17, 15) is 9.59 Å². The van der Waals surface area contributed by atoms with Gasteiger partial charge in [-0.3, -0.25) is 14.5 Å². The van der Waals surface area contributed by atoms with Crippen molar-refractivity contribution < 1.29 is 19.1 Å². The number of likely N-dealkylation sites (tertiary alicyclic amines) is 1. The first-order valence-corrected chi connectivity index (χ1v) is 9.09. The zero-order valence-electron chi connectivity index (χ0n) is 14.2. The highest BCUT2D eigenvalue weighted by Gasteiger charge is 2.21. The van der Waals surface area contributed by atoms with E-state index in [1.165, 1.54) is 11.3 Å². The number of anilines is 1. The SMILES string of the molecule is CCOC(=O)Cc1csc(NC(=O)CN2CCC[C@H](COC)C2)n1. The Morgan fingerprint density at radius 3 is 3.08 bits per heavy atom. The summed E-state index contributed by atoms with van der Waals surface area (Å²) in [6.45, 7) is 5.02. The van der Waals surface area contributed by atoms with Gasteiger partial charge in [-0.25, -0.2) is 4.98 Å². The Labute approximate surface area is 146 Å². The van der Waals surface area contributed by atoms with Gasteiger partial charge < -0.3 is 14.8 Å². The van der Waals surface area contributed by atoms with Crippen LogP contribution in [0.2, 0.25) is 0 Å². The number of rotatable bonds is 8. The zero-order chi connectivity index (χ0) is 17.4. The second kappa shape index (κ2) is 9.71. The topological polar surface area (TPSA) is 80.8 Å². The van der Waals surface area contributed by atoms with Gasteiger partial charge in [-0.15, -0.1) is 11.3 Å². The van der Waals surface area contributed by atoms with Crippen molar-refractivity contribution in [1.29, 1.82) is 0 Å². The second-order valence-corrected chi connectivity index (χ2v) is 6.73. The summed E-state index contributed by atoms with van der Waals surface area (Å²) in [5.74, 6) is 0.107. The maximum atomic E-state index is 12.2. The Morgan fingerprint density at radius 1 is 1.50 bits per heavy atom. The van der Waals surface area contributed by atoms with Crippen molar-refractivity contribution in [3.8, 4) is 0 Å². The fourth-order valence-electron chi connectivity index (χ4n) is 2.83. The van der Waals surface area contributed by atoms with Crippen LogP contribution in [0, 0.1) is 5.92 Å². The maximum Gasteiger partial charge on any atom is 0.311 e. The number of methoxy groups -OCH3 is 1. The van der Waals surface area contributed by atoms with Crippen LogP contribution in [-0.4, -0.2) is 61.7 Å². The highest BCUT2D eigenvalue weighted by molar-refractivity contribution is 7.13. The molecule has 24 heavy (non-hydrogen) atoms. The van der Waals surface area contributed by atoms with Crippen LogP contribution >= 0.6 is 11.3 Å². The number of carbonyl (C=O) groups is 2. The van der Waals surface area contributed by atoms with Gasteiger partial charge in [-0.1, -0.05) is 0 Å². The van der Waals surface area contributed by atoms with Crippen molar-refractivity contribution in [2.45, 2.75) is 26.2 Å². The third kappa shape index (κ3) is 6.18. The number of hydrogen-bond donors (Lipinski definition) is 1. The molecule has 1 N–H and O–H groups in total. The first-order valence-electron chi connectivity index (χ1n) is 8.21. The summed E-state index contributed by atoms with van der Waals surface area (Å²) < 4.78 is 10.1. The molecule has 2 rings (SSSR count). The van der Waals surface area contributed by atoms with Crippen LogP contribution in [-0.2, 0) is 25.5 Å². The molecule has 1 atom stereocenters. The number of aromatic nitrogens is 1. The van der Waals surface area contributed by atoms with E-state index >= 15 is 0 Å². The molecule has 1 aliphatic rings. The maximum absolute atomic E-state index is 12.2. The van der Waals surface area contributed by atoms with Gasteiger partial charge in [0.2, 0.25) is 5.91 Å². The summed E-state index contributed by atoms with van der Waals surface area (Å²) in [7, 11) is 1.71. The van der Waals surface area contributed by atoms with Crippen molar-refractivity contribution in [3.63, 3.8) is 0 Å². The third-order valence-corrected chi connectivity index (χ3v) is 4.61. The molecule has 1 aliphatic heterocycles. The summed E-state index contributed by atoms with van der Waals surface area (Å²) in [6, 6.07) is 0. The molecule has 1 amide bonds. The van der Waals surface area contributed by atoms with Crippen LogP contribution in [0.15, 0.2) is 5.38 Å². The average molecular weight is 355 g/mol. The number of amides is 1. The van der Waals surface area contributed by atoms with Crippen molar-refractivity contribution >= 4 is 28.3 Å². The van der Waals surface area contributed by atoms with Gasteiger partial charge in [0.15, 0.2) is 5.13 Å². The fraction of sp³-hybridized carbons (Fsp3) is 0.688. The highest BCUT2D eigenvalue weighted by Crippen LogP contribution is 2.18. The van der Waals surface area contributed by atoms with Gasteiger partial charge in [-0.05, 0) is 32.2 Å². The van der Waals surface area contributed by atoms with E-state index in [0.29, 0.717) is 29.9 Å². The largest absolute Gasteiger partial charge is 0.466 e. The number of nitrogens with zero attached hydrogens (tertiary/aromatic N) is 2. The van der Waals surface area contributed by atoms with E-state index in [1.807, 2.05) is 0 Å². The molecule has 1 fully saturated rings. The fourth-order valence-corrected chi connectivity index (χ4v) is 3.56. The van der Waals surface area contributed by atoms with Gasteiger partial charge in [0.1, 0.15) is 0 Å². The Morgan fingerprint density at radius 2 is 2.33 bits per heavy atom. The molecular formula is C16H25N3O4S. The Kier molecular flexibility index (Phi) is 7.61. The zero-order valence-corrected chi connectivity index (χ0v) is 15.1. The van der Waals surface area contributed by atoms with E-state index in [0.717, 1.165) is 32.5 Å². The van der Waals surface area contributed by atoms with Crippen molar-refractivity contribution in [2.24, 2.45) is 5.92 Å². The third-order valence-electron chi connectivity index (χ3n) is 3.80. The molecule has 1 saturated heterocycles. The van der Waals surface area contributed by atoms with E-state index in [-0.39, 0.29) is 18.3 Å². The van der Waals surface area contributed by atoms with Crippen LogP contribution in [0.5, 0.6) is 0 Å². The average Bonchev–Trinajstić information content (AvgIpc) is 2.95. The van der Waals surface area contributed by atoms with E-state index in [4.69, 9.17) is 9.47 Å². The first-order chi connectivity index (χ1) is 11.6. The number of esters is 1. The van der Waals surface area contributed by atoms with E-state index in [2.05, 4.69) is 15.2 Å². The molecule has 8 heteroatoms. The Bertz CT molecular complexity index is 547. The lowest BCUT2D eigenvalue weighted by molar-refractivity contribution is -0.142. The molecule has 0 radical (unpaired) electrons. The quantitative estimate of drug-likeness (QED) is 0.713. The Hall–Kier alpha value is -1.51. The predicted molar refractivity (Wildman–Crippen MR) is 92.1 cm³/mol. The number of piperidine rings is 1. The summed E-state index contributed by atoms with van der Waals surface area (Å²) in [6.07, 6.45) is 2.36. The molecular weight excluding hydrogens is 330 g/mol. The van der Waals surface area contributed by atoms with Crippen LogP contribution in [0.25, 0.3) is 0 Å². The van der Waals surface area contributed by atoms with Gasteiger partial charge in [0.05, 0.1) is 31.9 Å². The lowest BCUT2D eigenvalue weighted by Gasteiger charge is -2.31. The monoisotopic (exact) mass is 355 g/mol. The van der Waals surface area contributed by atoms with E-state index in [1.54, 1.807) is 19.4 Å². The molecule has 0 spiro atoms. The number of hydrogen-bond acceptors (Lipinski definition) is 7. The van der Waals surface area contributed by atoms with Crippen molar-refractivity contribution in [3.05, 3.63) is 11.1 Å². The van der Waals surface area contributed by atoms with Crippen molar-refractivity contribution in [1.82, 2.24) is 9.88 Å². The van der Waals surface area contributed by atoms with Gasteiger partial charge in [0, 0.05) is 19.0 Å². The van der Waals surface area contributed by atoms with Gasteiger partial charge in [-0.2, -0.15) is 0 Å². The lowest BCUT2D eigenvalue weighted by Crippen LogP contribution is -2.41. The molecule has 134 valence electrons. The minimum Gasteiger partial charge on any atom is -0.466 e. The number of thiazole rings is 1. The summed E-state index contributed by atoms with van der Waals surface area (Å²) in [5, 5.41) is 5.09. The number of nitrogens with one attached hydrogen (secondary N) is 1. The lowest BCUT2D eigenvalue weighted by atomic mass is 9.99. The van der Waals surface area contributed by atoms with Crippen LogP contribution < -0.4 is 5.32 Å². The number of ether oxygens (including phenoxy) is 2. The molecule has 1 aromatic rings. The smallest absolute Gasteiger partial charge is 0.311 e. The first kappa shape index (κ1) is 18.8. The normalized spacial score (nSPS) is 18.3. The molecule has 1 aromatic heterocycles. The van der Waals surface area contributed by atoms with Crippen LogP contribution in [0.4, 0.5) is 5.13 Å². The van der Waals surface area contributed by atoms with Crippen LogP contribution in [0.3, 0.4) is 0 Å². The standard InChI is InChI=1S/C16H25N3O4S/c1-3-23-15(21)7-13-11-24-16(17-13)18-14(20)9-19-6-4-5-12(8-19)10-22-2/h11-12H,3-10H2,1-2H3,(H,17,18,20)/t12-/m0/s1. The van der Waals surface area contributed by atoms with Gasteiger partial charge in [0.25, 0.3) is 0 Å². The van der Waals surface area contributed by atoms with Gasteiger partial charge >= 0.3 is 5.97 Å². The molecule has 0 bridgehead atoms. The van der Waals surface area contributed by atoms with Crippen LogP contribution in [0.1, 0.15) is 25.5 Å². The predicted octanol–water partition coefficient (Wildman–Crippen LogP) is 1.55. The summed E-state index contributed by atoms with van der Waals surface area (Å²) in [5.41, 5.74) is 0.617. The highest BCUT2D eigenvalue weighted by atomic mass is 32.1.